The van der Waals surface area contributed by atoms with Crippen molar-refractivity contribution < 1.29 is 13.5 Å². The summed E-state index contributed by atoms with van der Waals surface area (Å²) in [5.74, 6) is 0.367. The van der Waals surface area contributed by atoms with Crippen molar-refractivity contribution in [3.63, 3.8) is 0 Å². The molecule has 0 radical (unpaired) electrons. The largest absolute Gasteiger partial charge is 0.490 e. The van der Waals surface area contributed by atoms with Crippen molar-refractivity contribution in [3.05, 3.63) is 59.7 Å². The Morgan fingerprint density at radius 1 is 1.22 bits per heavy atom. The minimum Gasteiger partial charge on any atom is -0.490 e. The molecule has 0 aliphatic carbocycles. The molecule has 6 heteroatoms. The fraction of sp³-hybridized carbons (Fsp3) is 0.235. The van der Waals surface area contributed by atoms with Gasteiger partial charge in [-0.1, -0.05) is 12.1 Å². The van der Waals surface area contributed by atoms with E-state index in [0.29, 0.717) is 23.9 Å². The molecule has 120 valence electrons. The van der Waals surface area contributed by atoms with Gasteiger partial charge in [-0.2, -0.15) is 5.10 Å². The lowest BCUT2D eigenvalue weighted by molar-refractivity contribution is 0.344. The molecule has 2 aromatic carbocycles. The third-order valence-corrected chi connectivity index (χ3v) is 4.34. The number of hydrogen-bond donors (Lipinski definition) is 0. The summed E-state index contributed by atoms with van der Waals surface area (Å²) in [5.41, 5.74) is 0.986. The lowest BCUT2D eigenvalue weighted by atomic mass is 10.2. The van der Waals surface area contributed by atoms with E-state index in [2.05, 4.69) is 5.10 Å². The summed E-state index contributed by atoms with van der Waals surface area (Å²) in [6.07, 6.45) is 0. The molecule has 2 aromatic rings. The maximum atomic E-state index is 14.1. The van der Waals surface area contributed by atoms with Gasteiger partial charge in [-0.25, -0.2) is 8.78 Å². The van der Waals surface area contributed by atoms with Crippen molar-refractivity contribution >= 4 is 22.5 Å². The summed E-state index contributed by atoms with van der Waals surface area (Å²) in [6, 6.07) is 11.0. The summed E-state index contributed by atoms with van der Waals surface area (Å²) in [6.45, 7) is 3.00. The van der Waals surface area contributed by atoms with Crippen LogP contribution in [-0.4, -0.2) is 23.9 Å². The lowest BCUT2D eigenvalue weighted by Gasteiger charge is -2.20. The maximum absolute atomic E-state index is 14.1. The van der Waals surface area contributed by atoms with E-state index in [1.165, 1.54) is 17.8 Å². The van der Waals surface area contributed by atoms with Crippen LogP contribution in [-0.2, 0) is 0 Å². The van der Waals surface area contributed by atoms with Crippen LogP contribution in [0.5, 0.6) is 5.75 Å². The molecule has 1 aliphatic rings. The molecule has 23 heavy (non-hydrogen) atoms. The van der Waals surface area contributed by atoms with Crippen molar-refractivity contribution in [1.82, 2.24) is 0 Å². The van der Waals surface area contributed by atoms with Gasteiger partial charge < -0.3 is 4.74 Å². The Bertz CT molecular complexity index is 736. The molecule has 0 spiro atoms. The van der Waals surface area contributed by atoms with Crippen LogP contribution >= 0.6 is 11.8 Å². The number of hydrazone groups is 1. The molecule has 0 atom stereocenters. The van der Waals surface area contributed by atoms with Crippen LogP contribution in [0.15, 0.2) is 47.6 Å². The Hall–Kier alpha value is -2.08. The Balaban J connectivity index is 2.08. The van der Waals surface area contributed by atoms with Crippen LogP contribution in [0.4, 0.5) is 14.5 Å². The van der Waals surface area contributed by atoms with Crippen molar-refractivity contribution in [3.8, 4) is 5.75 Å². The third kappa shape index (κ3) is 3.47. The van der Waals surface area contributed by atoms with Gasteiger partial charge in [0.1, 0.15) is 28.1 Å². The molecule has 1 heterocycles. The number of nitrogens with zero attached hydrogens (tertiary/aromatic N) is 2. The summed E-state index contributed by atoms with van der Waals surface area (Å²) in [4.78, 5) is 0. The summed E-state index contributed by atoms with van der Waals surface area (Å²) in [7, 11) is 0. The molecular formula is C17H16F2N2OS. The molecule has 0 bridgehead atoms. The zero-order valence-electron chi connectivity index (χ0n) is 12.6. The van der Waals surface area contributed by atoms with Crippen molar-refractivity contribution in [2.75, 3.05) is 23.9 Å². The monoisotopic (exact) mass is 334 g/mol. The fourth-order valence-corrected chi connectivity index (χ4v) is 3.14. The van der Waals surface area contributed by atoms with Gasteiger partial charge in [0.15, 0.2) is 0 Å². The number of para-hydroxylation sites is 2. The van der Waals surface area contributed by atoms with E-state index < -0.39 is 11.6 Å². The van der Waals surface area contributed by atoms with Crippen LogP contribution in [0.1, 0.15) is 12.5 Å². The van der Waals surface area contributed by atoms with E-state index in [4.69, 9.17) is 4.74 Å². The summed E-state index contributed by atoms with van der Waals surface area (Å²) < 4.78 is 33.4. The second-order valence-electron chi connectivity index (χ2n) is 4.91. The van der Waals surface area contributed by atoms with Gasteiger partial charge in [0.2, 0.25) is 0 Å². The molecule has 0 fully saturated rings. The quantitative estimate of drug-likeness (QED) is 0.819. The number of thioether (sulfide) groups is 1. The first-order valence-electron chi connectivity index (χ1n) is 7.35. The van der Waals surface area contributed by atoms with Crippen LogP contribution in [0.3, 0.4) is 0 Å². The Morgan fingerprint density at radius 2 is 2.04 bits per heavy atom. The van der Waals surface area contributed by atoms with Crippen LogP contribution in [0.25, 0.3) is 0 Å². The number of halogens is 2. The zero-order valence-corrected chi connectivity index (χ0v) is 13.4. The summed E-state index contributed by atoms with van der Waals surface area (Å²) in [5, 5.41) is 6.75. The average molecular weight is 334 g/mol. The second kappa shape index (κ2) is 7.00. The van der Waals surface area contributed by atoms with Gasteiger partial charge in [-0.05, 0) is 37.3 Å². The maximum Gasteiger partial charge on any atom is 0.144 e. The van der Waals surface area contributed by atoms with Gasteiger partial charge >= 0.3 is 0 Å². The van der Waals surface area contributed by atoms with Crippen LogP contribution in [0.2, 0.25) is 0 Å². The third-order valence-electron chi connectivity index (χ3n) is 3.39. The van der Waals surface area contributed by atoms with Gasteiger partial charge in [-0.3, -0.25) is 5.01 Å². The zero-order chi connectivity index (χ0) is 16.2. The number of anilines is 1. The predicted octanol–water partition coefficient (Wildman–Crippen LogP) is 4.28. The van der Waals surface area contributed by atoms with Crippen molar-refractivity contribution in [2.45, 2.75) is 6.92 Å². The van der Waals surface area contributed by atoms with Gasteiger partial charge in [0.05, 0.1) is 6.61 Å². The van der Waals surface area contributed by atoms with Crippen molar-refractivity contribution in [2.24, 2.45) is 5.10 Å². The Kier molecular flexibility index (Phi) is 4.81. The molecule has 0 aromatic heterocycles. The number of rotatable bonds is 2. The molecule has 3 nitrogen and oxygen atoms in total. The molecule has 1 aliphatic heterocycles. The smallest absolute Gasteiger partial charge is 0.144 e. The highest BCUT2D eigenvalue weighted by Gasteiger charge is 2.18. The molecule has 0 saturated heterocycles. The Labute approximate surface area is 138 Å². The van der Waals surface area contributed by atoms with E-state index in [0.717, 1.165) is 23.6 Å². The normalized spacial score (nSPS) is 14.9. The highest BCUT2D eigenvalue weighted by molar-refractivity contribution is 8.14. The highest BCUT2D eigenvalue weighted by atomic mass is 32.2. The van der Waals surface area contributed by atoms with E-state index in [1.807, 2.05) is 31.2 Å². The first kappa shape index (κ1) is 15.8. The topological polar surface area (TPSA) is 24.8 Å². The minimum atomic E-state index is -0.484. The molecule has 0 N–H and O–H groups in total. The van der Waals surface area contributed by atoms with Crippen molar-refractivity contribution in [1.29, 1.82) is 0 Å². The number of fused-ring (bicyclic) bond motifs is 1. The van der Waals surface area contributed by atoms with Gasteiger partial charge in [0, 0.05) is 17.9 Å². The van der Waals surface area contributed by atoms with Gasteiger partial charge in [-0.15, -0.1) is 11.8 Å². The summed E-state index contributed by atoms with van der Waals surface area (Å²) >= 11 is 1.35. The Morgan fingerprint density at radius 3 is 2.87 bits per heavy atom. The SMILES string of the molecule is CCN1N=C(c2cc(F)ccc2F)SCCOc2ccccc21. The number of ether oxygens (including phenoxy) is 1. The van der Waals surface area contributed by atoms with E-state index >= 15 is 0 Å². The predicted molar refractivity (Wildman–Crippen MR) is 90.3 cm³/mol. The second-order valence-corrected chi connectivity index (χ2v) is 5.99. The van der Waals surface area contributed by atoms with E-state index in [1.54, 1.807) is 5.01 Å². The minimum absolute atomic E-state index is 0.174. The molecule has 0 unspecified atom stereocenters. The van der Waals surface area contributed by atoms with Crippen LogP contribution < -0.4 is 9.75 Å². The first-order valence-corrected chi connectivity index (χ1v) is 8.34. The average Bonchev–Trinajstić information content (AvgIpc) is 2.65. The van der Waals surface area contributed by atoms with Gasteiger partial charge in [0.25, 0.3) is 0 Å². The number of benzene rings is 2. The first-order chi connectivity index (χ1) is 11.2. The fourth-order valence-electron chi connectivity index (χ4n) is 2.31. The number of hydrogen-bond acceptors (Lipinski definition) is 4. The van der Waals surface area contributed by atoms with E-state index in [9.17, 15) is 8.78 Å². The standard InChI is InChI=1S/C17H16F2N2OS/c1-2-21-15-5-3-4-6-16(15)22-9-10-23-17(20-21)13-11-12(18)7-8-14(13)19/h3-8,11H,2,9-10H2,1H3. The highest BCUT2D eigenvalue weighted by Crippen LogP contribution is 2.31. The molecule has 0 saturated carbocycles. The molecule has 3 rings (SSSR count). The van der Waals surface area contributed by atoms with Crippen LogP contribution in [0, 0.1) is 11.6 Å². The molecular weight excluding hydrogens is 318 g/mol. The lowest BCUT2D eigenvalue weighted by Crippen LogP contribution is -2.18. The molecule has 0 amide bonds. The van der Waals surface area contributed by atoms with E-state index in [-0.39, 0.29) is 5.56 Å².